The minimum atomic E-state index is -3.77. The summed E-state index contributed by atoms with van der Waals surface area (Å²) in [6, 6.07) is 0. The summed E-state index contributed by atoms with van der Waals surface area (Å²) in [4.78, 5) is 10.9. The van der Waals surface area contributed by atoms with E-state index in [1.165, 1.54) is 39.2 Å². The maximum absolute atomic E-state index is 10.9. The SMILES string of the molecule is COC(=O)CCCCCCCCCCCCCS(=O)(=O)O. The first-order valence-corrected chi connectivity index (χ1v) is 9.58. The van der Waals surface area contributed by atoms with E-state index in [9.17, 15) is 13.2 Å². The molecule has 0 aromatic rings. The van der Waals surface area contributed by atoms with Crippen LogP contribution in [0.5, 0.6) is 0 Å². The van der Waals surface area contributed by atoms with Gasteiger partial charge < -0.3 is 4.74 Å². The van der Waals surface area contributed by atoms with Gasteiger partial charge in [0.1, 0.15) is 0 Å². The Balaban J connectivity index is 3.11. The summed E-state index contributed by atoms with van der Waals surface area (Å²) in [5.74, 6) is -0.234. The van der Waals surface area contributed by atoms with Crippen molar-refractivity contribution < 1.29 is 22.5 Å². The fraction of sp³-hybridized carbons (Fsp3) is 0.933. The minimum absolute atomic E-state index is 0.113. The Kier molecular flexibility index (Phi) is 12.7. The van der Waals surface area contributed by atoms with Crippen LogP contribution in [-0.4, -0.2) is 31.8 Å². The molecule has 0 rings (SSSR count). The van der Waals surface area contributed by atoms with Crippen LogP contribution in [-0.2, 0) is 19.6 Å². The standard InChI is InChI=1S/C15H30O5S/c1-20-15(16)13-11-9-7-5-3-2-4-6-8-10-12-14-21(17,18)19/h2-14H2,1H3,(H,17,18,19). The number of methoxy groups -OCH3 is 1. The molecule has 21 heavy (non-hydrogen) atoms. The lowest BCUT2D eigenvalue weighted by Crippen LogP contribution is -2.03. The highest BCUT2D eigenvalue weighted by Gasteiger charge is 2.03. The van der Waals surface area contributed by atoms with Gasteiger partial charge in [0.2, 0.25) is 0 Å². The third-order valence-electron chi connectivity index (χ3n) is 3.51. The predicted molar refractivity (Wildman–Crippen MR) is 83.8 cm³/mol. The molecule has 0 spiro atoms. The van der Waals surface area contributed by atoms with Crippen LogP contribution in [0.2, 0.25) is 0 Å². The molecule has 0 radical (unpaired) electrons. The molecule has 0 bridgehead atoms. The van der Waals surface area contributed by atoms with Crippen molar-refractivity contribution in [1.29, 1.82) is 0 Å². The van der Waals surface area contributed by atoms with Crippen molar-refractivity contribution >= 4 is 16.1 Å². The quantitative estimate of drug-likeness (QED) is 0.299. The van der Waals surface area contributed by atoms with Crippen molar-refractivity contribution in [2.75, 3.05) is 12.9 Å². The van der Waals surface area contributed by atoms with Gasteiger partial charge in [0.15, 0.2) is 0 Å². The van der Waals surface area contributed by atoms with Crippen molar-refractivity contribution in [2.45, 2.75) is 77.0 Å². The van der Waals surface area contributed by atoms with Crippen LogP contribution in [0, 0.1) is 0 Å². The molecule has 0 amide bonds. The molecule has 0 fully saturated rings. The lowest BCUT2D eigenvalue weighted by Gasteiger charge is -2.03. The van der Waals surface area contributed by atoms with E-state index in [-0.39, 0.29) is 11.7 Å². The molecule has 1 N–H and O–H groups in total. The van der Waals surface area contributed by atoms with E-state index in [4.69, 9.17) is 4.55 Å². The maximum atomic E-state index is 10.9. The summed E-state index contributed by atoms with van der Waals surface area (Å²) >= 11 is 0. The number of ether oxygens (including phenoxy) is 1. The van der Waals surface area contributed by atoms with E-state index in [1.54, 1.807) is 0 Å². The normalized spacial score (nSPS) is 11.5. The van der Waals surface area contributed by atoms with Crippen LogP contribution >= 0.6 is 0 Å². The van der Waals surface area contributed by atoms with E-state index in [2.05, 4.69) is 4.74 Å². The van der Waals surface area contributed by atoms with Gasteiger partial charge in [-0.3, -0.25) is 9.35 Å². The second-order valence-corrected chi connectivity index (χ2v) is 7.07. The van der Waals surface area contributed by atoms with Crippen LogP contribution in [0.4, 0.5) is 0 Å². The highest BCUT2D eigenvalue weighted by Crippen LogP contribution is 2.12. The smallest absolute Gasteiger partial charge is 0.305 e. The van der Waals surface area contributed by atoms with Crippen molar-refractivity contribution in [3.63, 3.8) is 0 Å². The van der Waals surface area contributed by atoms with Crippen molar-refractivity contribution in [3.05, 3.63) is 0 Å². The minimum Gasteiger partial charge on any atom is -0.469 e. The molecule has 0 aliphatic heterocycles. The number of rotatable bonds is 14. The number of esters is 1. The van der Waals surface area contributed by atoms with Gasteiger partial charge in [-0.05, 0) is 12.8 Å². The average Bonchev–Trinajstić information content (AvgIpc) is 2.42. The second kappa shape index (κ2) is 13.1. The van der Waals surface area contributed by atoms with Gasteiger partial charge >= 0.3 is 5.97 Å². The zero-order valence-corrected chi connectivity index (χ0v) is 14.0. The van der Waals surface area contributed by atoms with Gasteiger partial charge in [-0.15, -0.1) is 0 Å². The van der Waals surface area contributed by atoms with Crippen molar-refractivity contribution in [3.8, 4) is 0 Å². The number of unbranched alkanes of at least 4 members (excludes halogenated alkanes) is 10. The molecule has 0 heterocycles. The highest BCUT2D eigenvalue weighted by molar-refractivity contribution is 7.85. The zero-order valence-electron chi connectivity index (χ0n) is 13.2. The summed E-state index contributed by atoms with van der Waals surface area (Å²) in [5, 5.41) is 0. The first-order valence-electron chi connectivity index (χ1n) is 7.97. The molecule has 126 valence electrons. The van der Waals surface area contributed by atoms with E-state index in [0.717, 1.165) is 32.1 Å². The molecule has 5 nitrogen and oxygen atoms in total. The third kappa shape index (κ3) is 17.3. The summed E-state index contributed by atoms with van der Waals surface area (Å²) < 4.78 is 34.1. The molecule has 0 saturated heterocycles. The fourth-order valence-electron chi connectivity index (χ4n) is 2.25. The molecule has 6 heteroatoms. The second-order valence-electron chi connectivity index (χ2n) is 5.50. The van der Waals surface area contributed by atoms with E-state index < -0.39 is 10.1 Å². The van der Waals surface area contributed by atoms with E-state index >= 15 is 0 Å². The van der Waals surface area contributed by atoms with E-state index in [0.29, 0.717) is 12.8 Å². The summed E-state index contributed by atoms with van der Waals surface area (Å²) in [6.07, 6.45) is 12.1. The first kappa shape index (κ1) is 20.4. The van der Waals surface area contributed by atoms with Crippen molar-refractivity contribution in [1.82, 2.24) is 0 Å². The molecular weight excluding hydrogens is 292 g/mol. The number of hydrogen-bond acceptors (Lipinski definition) is 4. The van der Waals surface area contributed by atoms with E-state index in [1.807, 2.05) is 0 Å². The summed E-state index contributed by atoms with van der Waals surface area (Å²) in [7, 11) is -2.35. The Bertz CT molecular complexity index is 351. The highest BCUT2D eigenvalue weighted by atomic mass is 32.2. The van der Waals surface area contributed by atoms with Gasteiger partial charge in [0.25, 0.3) is 10.1 Å². The molecule has 0 unspecified atom stereocenters. The summed E-state index contributed by atoms with van der Waals surface area (Å²) in [5.41, 5.74) is 0. The van der Waals surface area contributed by atoms with Crippen LogP contribution < -0.4 is 0 Å². The Hall–Kier alpha value is -0.620. The summed E-state index contributed by atoms with van der Waals surface area (Å²) in [6.45, 7) is 0. The van der Waals surface area contributed by atoms with Crippen LogP contribution in [0.3, 0.4) is 0 Å². The van der Waals surface area contributed by atoms with Gasteiger partial charge in [-0.25, -0.2) is 0 Å². The lowest BCUT2D eigenvalue weighted by atomic mass is 10.1. The molecule has 0 aliphatic rings. The van der Waals surface area contributed by atoms with Gasteiger partial charge in [-0.2, -0.15) is 8.42 Å². The van der Waals surface area contributed by atoms with Gasteiger partial charge in [0, 0.05) is 6.42 Å². The fourth-order valence-corrected chi connectivity index (χ4v) is 2.82. The molecular formula is C15H30O5S. The van der Waals surface area contributed by atoms with Crippen molar-refractivity contribution in [2.24, 2.45) is 0 Å². The molecule has 0 aliphatic carbocycles. The molecule has 0 aromatic heterocycles. The van der Waals surface area contributed by atoms with Gasteiger partial charge in [0.05, 0.1) is 12.9 Å². The zero-order chi connectivity index (χ0) is 16.0. The van der Waals surface area contributed by atoms with Crippen LogP contribution in [0.25, 0.3) is 0 Å². The third-order valence-corrected chi connectivity index (χ3v) is 4.32. The first-order chi connectivity index (χ1) is 9.95. The monoisotopic (exact) mass is 322 g/mol. The Morgan fingerprint density at radius 3 is 1.57 bits per heavy atom. The maximum Gasteiger partial charge on any atom is 0.305 e. The molecule has 0 saturated carbocycles. The largest absolute Gasteiger partial charge is 0.469 e. The van der Waals surface area contributed by atoms with Gasteiger partial charge in [-0.1, -0.05) is 57.8 Å². The predicted octanol–water partition coefficient (Wildman–Crippen LogP) is 3.73. The van der Waals surface area contributed by atoms with Crippen LogP contribution in [0.1, 0.15) is 77.0 Å². The molecule has 0 aromatic carbocycles. The topological polar surface area (TPSA) is 80.7 Å². The number of carbonyl (C=O) groups is 1. The Morgan fingerprint density at radius 2 is 1.19 bits per heavy atom. The average molecular weight is 322 g/mol. The molecule has 0 atom stereocenters. The van der Waals surface area contributed by atoms with Crippen LogP contribution in [0.15, 0.2) is 0 Å². The Morgan fingerprint density at radius 1 is 0.810 bits per heavy atom. The number of carbonyl (C=O) groups excluding carboxylic acids is 1. The number of hydrogen-bond donors (Lipinski definition) is 1. The lowest BCUT2D eigenvalue weighted by molar-refractivity contribution is -0.140. The Labute approximate surface area is 129 Å².